The third kappa shape index (κ3) is 9.09. The van der Waals surface area contributed by atoms with Crippen molar-refractivity contribution in [3.63, 3.8) is 0 Å². The number of nitrogens with zero attached hydrogens (tertiary/aromatic N) is 2. The topological polar surface area (TPSA) is 73.8 Å². The number of aliphatic imine (C=N–C) groups is 1. The van der Waals surface area contributed by atoms with E-state index >= 15 is 0 Å². The minimum atomic E-state index is -3.12. The SMILES string of the molecule is CCS(=O)(=O)NCCNC(=NC)N(C)CC1CCC(C)CC1.I. The first kappa shape index (κ1) is 22.9. The third-order valence-corrected chi connectivity index (χ3v) is 5.76. The minimum absolute atomic E-state index is 0. The number of rotatable bonds is 7. The lowest BCUT2D eigenvalue weighted by Crippen LogP contribution is -2.44. The molecule has 0 amide bonds. The molecule has 1 aliphatic rings. The standard InChI is InChI=1S/C15H32N4O2S.HI/c1-5-22(20,21)18-11-10-17-15(16-3)19(4)12-14-8-6-13(2)7-9-14;/h13-14,18H,5-12H2,1-4H3,(H,16,17);1H. The average molecular weight is 460 g/mol. The molecule has 138 valence electrons. The fourth-order valence-electron chi connectivity index (χ4n) is 2.85. The molecule has 1 fully saturated rings. The molecular weight excluding hydrogens is 427 g/mol. The van der Waals surface area contributed by atoms with E-state index in [0.29, 0.717) is 13.1 Å². The lowest BCUT2D eigenvalue weighted by atomic mass is 9.83. The van der Waals surface area contributed by atoms with E-state index < -0.39 is 10.0 Å². The van der Waals surface area contributed by atoms with Crippen molar-refractivity contribution in [2.75, 3.05) is 39.5 Å². The number of sulfonamides is 1. The number of hydrogen-bond donors (Lipinski definition) is 2. The molecule has 1 aliphatic carbocycles. The molecule has 0 aliphatic heterocycles. The summed E-state index contributed by atoms with van der Waals surface area (Å²) in [4.78, 5) is 6.42. The molecule has 0 aromatic carbocycles. The van der Waals surface area contributed by atoms with Crippen LogP contribution in [0.4, 0.5) is 0 Å². The summed E-state index contributed by atoms with van der Waals surface area (Å²) >= 11 is 0. The van der Waals surface area contributed by atoms with Crippen LogP contribution in [0.1, 0.15) is 39.5 Å². The Kier molecular flexibility index (Phi) is 11.4. The van der Waals surface area contributed by atoms with Crippen molar-refractivity contribution >= 4 is 40.0 Å². The van der Waals surface area contributed by atoms with Gasteiger partial charge in [-0.1, -0.05) is 19.8 Å². The third-order valence-electron chi connectivity index (χ3n) is 4.35. The Hall–Kier alpha value is -0.0900. The lowest BCUT2D eigenvalue weighted by molar-refractivity contribution is 0.250. The summed E-state index contributed by atoms with van der Waals surface area (Å²) in [7, 11) is 0.691. The first-order valence-electron chi connectivity index (χ1n) is 8.27. The maximum Gasteiger partial charge on any atom is 0.211 e. The van der Waals surface area contributed by atoms with Crippen LogP contribution >= 0.6 is 24.0 Å². The van der Waals surface area contributed by atoms with Crippen LogP contribution in [-0.4, -0.2) is 58.8 Å². The molecule has 2 N–H and O–H groups in total. The van der Waals surface area contributed by atoms with E-state index in [0.717, 1.165) is 24.3 Å². The molecule has 0 bridgehead atoms. The summed E-state index contributed by atoms with van der Waals surface area (Å²) in [5.74, 6) is 2.54. The molecular formula is C15H33IN4O2S. The fourth-order valence-corrected chi connectivity index (χ4v) is 3.47. The summed E-state index contributed by atoms with van der Waals surface area (Å²) < 4.78 is 25.3. The van der Waals surface area contributed by atoms with E-state index in [1.807, 2.05) is 7.05 Å². The Morgan fingerprint density at radius 2 is 1.83 bits per heavy atom. The number of guanidine groups is 1. The number of nitrogens with one attached hydrogen (secondary N) is 2. The van der Waals surface area contributed by atoms with Gasteiger partial charge in [0.05, 0.1) is 5.75 Å². The Labute approximate surface area is 159 Å². The summed E-state index contributed by atoms with van der Waals surface area (Å²) in [6.07, 6.45) is 5.23. The molecule has 0 saturated heterocycles. The number of hydrogen-bond acceptors (Lipinski definition) is 3. The van der Waals surface area contributed by atoms with Crippen LogP contribution in [0, 0.1) is 11.8 Å². The van der Waals surface area contributed by atoms with Gasteiger partial charge in [-0.3, -0.25) is 4.99 Å². The molecule has 6 nitrogen and oxygen atoms in total. The highest BCUT2D eigenvalue weighted by atomic mass is 127. The van der Waals surface area contributed by atoms with Crippen LogP contribution in [0.15, 0.2) is 4.99 Å². The van der Waals surface area contributed by atoms with Crippen molar-refractivity contribution < 1.29 is 8.42 Å². The first-order valence-corrected chi connectivity index (χ1v) is 9.92. The zero-order valence-corrected chi connectivity index (χ0v) is 18.0. The van der Waals surface area contributed by atoms with Gasteiger partial charge < -0.3 is 10.2 Å². The van der Waals surface area contributed by atoms with Gasteiger partial charge in [0.1, 0.15) is 0 Å². The van der Waals surface area contributed by atoms with E-state index in [1.54, 1.807) is 14.0 Å². The maximum atomic E-state index is 11.4. The highest BCUT2D eigenvalue weighted by molar-refractivity contribution is 14.0. The van der Waals surface area contributed by atoms with Crippen LogP contribution in [0.2, 0.25) is 0 Å². The van der Waals surface area contributed by atoms with E-state index in [-0.39, 0.29) is 29.7 Å². The summed E-state index contributed by atoms with van der Waals surface area (Å²) in [6, 6.07) is 0. The molecule has 23 heavy (non-hydrogen) atoms. The molecule has 0 aromatic heterocycles. The van der Waals surface area contributed by atoms with Crippen molar-refractivity contribution in [3.05, 3.63) is 0 Å². The highest BCUT2D eigenvalue weighted by Crippen LogP contribution is 2.28. The van der Waals surface area contributed by atoms with Crippen molar-refractivity contribution in [2.24, 2.45) is 16.8 Å². The van der Waals surface area contributed by atoms with Gasteiger partial charge in [-0.05, 0) is 31.6 Å². The Balaban J connectivity index is 0.00000484. The van der Waals surface area contributed by atoms with Gasteiger partial charge >= 0.3 is 0 Å². The van der Waals surface area contributed by atoms with Crippen LogP contribution in [-0.2, 0) is 10.0 Å². The lowest BCUT2D eigenvalue weighted by Gasteiger charge is -2.31. The zero-order valence-electron chi connectivity index (χ0n) is 14.8. The summed E-state index contributed by atoms with van der Waals surface area (Å²) in [6.45, 7) is 5.89. The smallest absolute Gasteiger partial charge is 0.211 e. The average Bonchev–Trinajstić information content (AvgIpc) is 2.49. The Morgan fingerprint density at radius 3 is 2.35 bits per heavy atom. The van der Waals surface area contributed by atoms with Crippen LogP contribution in [0.25, 0.3) is 0 Å². The van der Waals surface area contributed by atoms with Gasteiger partial charge in [-0.2, -0.15) is 0 Å². The van der Waals surface area contributed by atoms with Crippen molar-refractivity contribution in [1.29, 1.82) is 0 Å². The summed E-state index contributed by atoms with van der Waals surface area (Å²) in [5.41, 5.74) is 0. The summed E-state index contributed by atoms with van der Waals surface area (Å²) in [5, 5.41) is 3.21. The minimum Gasteiger partial charge on any atom is -0.355 e. The molecule has 0 spiro atoms. The van der Waals surface area contributed by atoms with Gasteiger partial charge in [0.25, 0.3) is 0 Å². The first-order chi connectivity index (χ1) is 10.4. The van der Waals surface area contributed by atoms with Gasteiger partial charge in [0.15, 0.2) is 5.96 Å². The second-order valence-electron chi connectivity index (χ2n) is 6.28. The monoisotopic (exact) mass is 460 g/mol. The highest BCUT2D eigenvalue weighted by Gasteiger charge is 2.20. The second kappa shape index (κ2) is 11.5. The zero-order chi connectivity index (χ0) is 16.6. The number of halogens is 1. The predicted octanol–water partition coefficient (Wildman–Crippen LogP) is 1.88. The van der Waals surface area contributed by atoms with Gasteiger partial charge in [-0.25, -0.2) is 13.1 Å². The largest absolute Gasteiger partial charge is 0.355 e. The molecule has 0 heterocycles. The van der Waals surface area contributed by atoms with E-state index in [4.69, 9.17) is 0 Å². The molecule has 0 radical (unpaired) electrons. The molecule has 0 atom stereocenters. The van der Waals surface area contributed by atoms with Crippen LogP contribution < -0.4 is 10.0 Å². The van der Waals surface area contributed by atoms with Gasteiger partial charge in [0.2, 0.25) is 10.0 Å². The van der Waals surface area contributed by atoms with E-state index in [2.05, 4.69) is 26.9 Å². The molecule has 1 saturated carbocycles. The van der Waals surface area contributed by atoms with E-state index in [1.165, 1.54) is 25.7 Å². The predicted molar refractivity (Wildman–Crippen MR) is 108 cm³/mol. The van der Waals surface area contributed by atoms with E-state index in [9.17, 15) is 8.42 Å². The van der Waals surface area contributed by atoms with Crippen LogP contribution in [0.5, 0.6) is 0 Å². The molecule has 0 aromatic rings. The molecule has 0 unspecified atom stereocenters. The quantitative estimate of drug-likeness (QED) is 0.263. The maximum absolute atomic E-state index is 11.4. The van der Waals surface area contributed by atoms with Crippen molar-refractivity contribution in [1.82, 2.24) is 14.9 Å². The van der Waals surface area contributed by atoms with Crippen molar-refractivity contribution in [3.8, 4) is 0 Å². The molecule has 1 rings (SSSR count). The Bertz CT molecular complexity index is 448. The molecule has 8 heteroatoms. The second-order valence-corrected chi connectivity index (χ2v) is 8.37. The Morgan fingerprint density at radius 1 is 1.22 bits per heavy atom. The fraction of sp³-hybridized carbons (Fsp3) is 0.933. The van der Waals surface area contributed by atoms with Gasteiger partial charge in [-0.15, -0.1) is 24.0 Å². The normalized spacial score (nSPS) is 22.3. The van der Waals surface area contributed by atoms with Gasteiger partial charge in [0, 0.05) is 33.7 Å². The van der Waals surface area contributed by atoms with Crippen molar-refractivity contribution in [2.45, 2.75) is 39.5 Å². The van der Waals surface area contributed by atoms with Crippen LogP contribution in [0.3, 0.4) is 0 Å².